The fourth-order valence-electron chi connectivity index (χ4n) is 2.80. The number of aromatic nitrogens is 1. The third-order valence-electron chi connectivity index (χ3n) is 3.88. The minimum atomic E-state index is -0.0887. The van der Waals surface area contributed by atoms with Gasteiger partial charge in [-0.1, -0.05) is 24.3 Å². The molecule has 0 saturated carbocycles. The zero-order chi connectivity index (χ0) is 13.2. The van der Waals surface area contributed by atoms with Crippen molar-refractivity contribution >= 4 is 22.4 Å². The summed E-state index contributed by atoms with van der Waals surface area (Å²) < 4.78 is 4.81. The lowest BCUT2D eigenvalue weighted by Crippen LogP contribution is -2.18. The van der Waals surface area contributed by atoms with E-state index in [4.69, 9.17) is 4.74 Å². The Kier molecular flexibility index (Phi) is 3.11. The highest BCUT2D eigenvalue weighted by molar-refractivity contribution is 5.93. The van der Waals surface area contributed by atoms with E-state index in [1.165, 1.54) is 23.6 Å². The second-order valence-corrected chi connectivity index (χ2v) is 4.97. The number of allylic oxidation sites excluding steroid dienone is 2. The van der Waals surface area contributed by atoms with Crippen molar-refractivity contribution in [3.05, 3.63) is 42.1 Å². The zero-order valence-corrected chi connectivity index (χ0v) is 11.0. The van der Waals surface area contributed by atoms with Crippen LogP contribution in [0.5, 0.6) is 0 Å². The smallest absolute Gasteiger partial charge is 0.308 e. The van der Waals surface area contributed by atoms with Crippen molar-refractivity contribution in [2.75, 3.05) is 7.11 Å². The summed E-state index contributed by atoms with van der Waals surface area (Å²) in [5, 5.41) is 1.25. The molecule has 0 fully saturated rings. The molecule has 98 valence electrons. The quantitative estimate of drug-likeness (QED) is 0.834. The number of nitrogens with one attached hydrogen (secondary N) is 1. The van der Waals surface area contributed by atoms with Crippen LogP contribution in [0.3, 0.4) is 0 Å². The molecule has 0 aliphatic heterocycles. The van der Waals surface area contributed by atoms with Crippen molar-refractivity contribution in [3.8, 4) is 0 Å². The fraction of sp³-hybridized carbons (Fsp3) is 0.312. The minimum Gasteiger partial charge on any atom is -0.469 e. The van der Waals surface area contributed by atoms with Crippen LogP contribution in [-0.4, -0.2) is 18.1 Å². The molecule has 1 aliphatic rings. The molecule has 19 heavy (non-hydrogen) atoms. The molecular formula is C16H17NO2. The summed E-state index contributed by atoms with van der Waals surface area (Å²) in [6.07, 6.45) is 6.83. The SMILES string of the molecule is COC(=O)C1CC=C(c2c[nH]c3ccccc23)CC1. The van der Waals surface area contributed by atoms with E-state index in [0.29, 0.717) is 0 Å². The van der Waals surface area contributed by atoms with Crippen LogP contribution in [0.2, 0.25) is 0 Å². The van der Waals surface area contributed by atoms with E-state index in [-0.39, 0.29) is 11.9 Å². The van der Waals surface area contributed by atoms with Gasteiger partial charge in [0, 0.05) is 22.7 Å². The Morgan fingerprint density at radius 3 is 2.95 bits per heavy atom. The number of fused-ring (bicyclic) bond motifs is 1. The Bertz CT molecular complexity index is 639. The number of hydrogen-bond acceptors (Lipinski definition) is 2. The molecule has 3 rings (SSSR count). The Balaban J connectivity index is 1.88. The lowest BCUT2D eigenvalue weighted by Gasteiger charge is -2.19. The number of aromatic amines is 1. The van der Waals surface area contributed by atoms with Crippen LogP contribution in [0.15, 0.2) is 36.5 Å². The summed E-state index contributed by atoms with van der Waals surface area (Å²) in [6, 6.07) is 8.30. The van der Waals surface area contributed by atoms with Crippen LogP contribution in [0.1, 0.15) is 24.8 Å². The van der Waals surface area contributed by atoms with Gasteiger partial charge in [0.2, 0.25) is 0 Å². The van der Waals surface area contributed by atoms with Crippen molar-refractivity contribution in [1.29, 1.82) is 0 Å². The monoisotopic (exact) mass is 255 g/mol. The van der Waals surface area contributed by atoms with E-state index in [0.717, 1.165) is 24.8 Å². The van der Waals surface area contributed by atoms with Gasteiger partial charge < -0.3 is 9.72 Å². The highest BCUT2D eigenvalue weighted by Crippen LogP contribution is 2.34. The number of benzene rings is 1. The van der Waals surface area contributed by atoms with Crippen LogP contribution >= 0.6 is 0 Å². The highest BCUT2D eigenvalue weighted by atomic mass is 16.5. The molecule has 3 heteroatoms. The van der Waals surface area contributed by atoms with Gasteiger partial charge in [0.05, 0.1) is 13.0 Å². The van der Waals surface area contributed by atoms with Gasteiger partial charge in [-0.15, -0.1) is 0 Å². The second-order valence-electron chi connectivity index (χ2n) is 4.97. The van der Waals surface area contributed by atoms with Crippen molar-refractivity contribution in [3.63, 3.8) is 0 Å². The van der Waals surface area contributed by atoms with Crippen LogP contribution in [0, 0.1) is 5.92 Å². The van der Waals surface area contributed by atoms with Crippen LogP contribution in [0.25, 0.3) is 16.5 Å². The molecule has 3 nitrogen and oxygen atoms in total. The Morgan fingerprint density at radius 1 is 1.37 bits per heavy atom. The van der Waals surface area contributed by atoms with E-state index in [1.807, 2.05) is 6.07 Å². The summed E-state index contributed by atoms with van der Waals surface area (Å²) in [7, 11) is 1.46. The molecular weight excluding hydrogens is 238 g/mol. The molecule has 1 aliphatic carbocycles. The first-order valence-corrected chi connectivity index (χ1v) is 6.63. The van der Waals surface area contributed by atoms with Crippen molar-refractivity contribution < 1.29 is 9.53 Å². The molecule has 0 spiro atoms. The lowest BCUT2D eigenvalue weighted by molar-refractivity contribution is -0.145. The van der Waals surface area contributed by atoms with Gasteiger partial charge in [-0.25, -0.2) is 0 Å². The number of hydrogen-bond donors (Lipinski definition) is 1. The van der Waals surface area contributed by atoms with Crippen LogP contribution < -0.4 is 0 Å². The molecule has 1 heterocycles. The maximum Gasteiger partial charge on any atom is 0.308 e. The lowest BCUT2D eigenvalue weighted by atomic mass is 9.86. The normalized spacial score (nSPS) is 19.2. The third-order valence-corrected chi connectivity index (χ3v) is 3.88. The van der Waals surface area contributed by atoms with E-state index in [1.54, 1.807) is 0 Å². The average molecular weight is 255 g/mol. The Labute approximate surface area is 112 Å². The number of ether oxygens (including phenoxy) is 1. The van der Waals surface area contributed by atoms with Gasteiger partial charge in [0.25, 0.3) is 0 Å². The molecule has 0 saturated heterocycles. The number of H-pyrrole nitrogens is 1. The number of methoxy groups -OCH3 is 1. The van der Waals surface area contributed by atoms with Crippen molar-refractivity contribution in [1.82, 2.24) is 4.98 Å². The van der Waals surface area contributed by atoms with E-state index < -0.39 is 0 Å². The minimum absolute atomic E-state index is 0.0268. The van der Waals surface area contributed by atoms with Crippen molar-refractivity contribution in [2.24, 2.45) is 5.92 Å². The standard InChI is InChI=1S/C16H17NO2/c1-19-16(18)12-8-6-11(7-9-12)14-10-17-15-5-3-2-4-13(14)15/h2-6,10,12,17H,7-9H2,1H3. The van der Waals surface area contributed by atoms with Gasteiger partial charge in [-0.05, 0) is 30.9 Å². The predicted octanol–water partition coefficient (Wildman–Crippen LogP) is 3.52. The van der Waals surface area contributed by atoms with Crippen LogP contribution in [0.4, 0.5) is 0 Å². The number of rotatable bonds is 2. The first kappa shape index (κ1) is 12.0. The van der Waals surface area contributed by atoms with Gasteiger partial charge >= 0.3 is 5.97 Å². The maximum atomic E-state index is 11.5. The largest absolute Gasteiger partial charge is 0.469 e. The molecule has 0 radical (unpaired) electrons. The second kappa shape index (κ2) is 4.92. The molecule has 1 unspecified atom stereocenters. The average Bonchev–Trinajstić information content (AvgIpc) is 2.90. The molecule has 1 aromatic carbocycles. The molecule has 1 aromatic heterocycles. The summed E-state index contributed by atoms with van der Waals surface area (Å²) in [6.45, 7) is 0. The predicted molar refractivity (Wildman–Crippen MR) is 75.6 cm³/mol. The van der Waals surface area contributed by atoms with E-state index in [9.17, 15) is 4.79 Å². The molecule has 0 amide bonds. The molecule has 0 bridgehead atoms. The summed E-state index contributed by atoms with van der Waals surface area (Å²) >= 11 is 0. The molecule has 1 atom stereocenters. The topological polar surface area (TPSA) is 42.1 Å². The van der Waals surface area contributed by atoms with E-state index >= 15 is 0 Å². The first-order chi connectivity index (χ1) is 9.29. The highest BCUT2D eigenvalue weighted by Gasteiger charge is 2.23. The Hall–Kier alpha value is -2.03. The fourth-order valence-corrected chi connectivity index (χ4v) is 2.80. The zero-order valence-electron chi connectivity index (χ0n) is 11.0. The number of carbonyl (C=O) groups excluding carboxylic acids is 1. The maximum absolute atomic E-state index is 11.5. The van der Waals surface area contributed by atoms with Crippen LogP contribution in [-0.2, 0) is 9.53 Å². The van der Waals surface area contributed by atoms with Gasteiger partial charge in [-0.2, -0.15) is 0 Å². The van der Waals surface area contributed by atoms with Crippen molar-refractivity contribution in [2.45, 2.75) is 19.3 Å². The Morgan fingerprint density at radius 2 is 2.21 bits per heavy atom. The van der Waals surface area contributed by atoms with Gasteiger partial charge in [-0.3, -0.25) is 4.79 Å². The number of carbonyl (C=O) groups is 1. The third kappa shape index (κ3) is 2.16. The summed E-state index contributed by atoms with van der Waals surface area (Å²) in [5.41, 5.74) is 3.75. The van der Waals surface area contributed by atoms with E-state index in [2.05, 4.69) is 35.5 Å². The van der Waals surface area contributed by atoms with Gasteiger partial charge in [0.15, 0.2) is 0 Å². The molecule has 2 aromatic rings. The summed E-state index contributed by atoms with van der Waals surface area (Å²) in [4.78, 5) is 14.8. The number of esters is 1. The molecule has 1 N–H and O–H groups in total. The number of para-hydroxylation sites is 1. The first-order valence-electron chi connectivity index (χ1n) is 6.63. The van der Waals surface area contributed by atoms with Gasteiger partial charge in [0.1, 0.15) is 0 Å². The summed E-state index contributed by atoms with van der Waals surface area (Å²) in [5.74, 6) is -0.0619.